The number of hydrogen-bond donors (Lipinski definition) is 0. The maximum atomic E-state index is 6.04. The van der Waals surface area contributed by atoms with Crippen LogP contribution >= 0.6 is 11.6 Å². The molecule has 2 rings (SSSR count). The molecule has 0 spiro atoms. The van der Waals surface area contributed by atoms with Crippen LogP contribution in [0.2, 0.25) is 5.02 Å². The van der Waals surface area contributed by atoms with Crippen molar-refractivity contribution in [3.05, 3.63) is 34.9 Å². The van der Waals surface area contributed by atoms with Gasteiger partial charge in [-0.15, -0.1) is 0 Å². The molecule has 1 aliphatic rings. The van der Waals surface area contributed by atoms with Crippen LogP contribution in [0.3, 0.4) is 0 Å². The summed E-state index contributed by atoms with van der Waals surface area (Å²) in [7, 11) is 4.37. The van der Waals surface area contributed by atoms with Crippen LogP contribution in [0.25, 0.3) is 0 Å². The third kappa shape index (κ3) is 3.14. The van der Waals surface area contributed by atoms with E-state index in [4.69, 9.17) is 11.6 Å². The fraction of sp³-hybridized carbons (Fsp3) is 0.647. The molecule has 0 saturated heterocycles. The van der Waals surface area contributed by atoms with Crippen LogP contribution in [0.5, 0.6) is 0 Å². The van der Waals surface area contributed by atoms with Crippen molar-refractivity contribution in [2.24, 2.45) is 11.8 Å². The molecule has 106 valence electrons. The highest BCUT2D eigenvalue weighted by molar-refractivity contribution is 6.30. The van der Waals surface area contributed by atoms with E-state index < -0.39 is 0 Å². The van der Waals surface area contributed by atoms with Crippen molar-refractivity contribution in [1.29, 1.82) is 0 Å². The quantitative estimate of drug-likeness (QED) is 0.762. The van der Waals surface area contributed by atoms with Crippen molar-refractivity contribution in [3.8, 4) is 0 Å². The number of nitrogens with zero attached hydrogens (tertiary/aromatic N) is 1. The van der Waals surface area contributed by atoms with E-state index in [2.05, 4.69) is 45.0 Å². The van der Waals surface area contributed by atoms with E-state index >= 15 is 0 Å². The van der Waals surface area contributed by atoms with E-state index in [-0.39, 0.29) is 0 Å². The largest absolute Gasteiger partial charge is 0.309 e. The van der Waals surface area contributed by atoms with Crippen molar-refractivity contribution in [1.82, 2.24) is 4.90 Å². The minimum atomic E-state index is 0.346. The van der Waals surface area contributed by atoms with Crippen molar-refractivity contribution in [2.45, 2.75) is 38.5 Å². The molecule has 0 N–H and O–H groups in total. The van der Waals surface area contributed by atoms with E-state index in [9.17, 15) is 0 Å². The summed E-state index contributed by atoms with van der Waals surface area (Å²) in [6.45, 7) is 5.81. The minimum absolute atomic E-state index is 0.346. The first-order valence-electron chi connectivity index (χ1n) is 7.35. The Labute approximate surface area is 123 Å². The van der Waals surface area contributed by atoms with Gasteiger partial charge in [-0.25, -0.2) is 0 Å². The third-order valence-corrected chi connectivity index (χ3v) is 4.75. The molecule has 0 aromatic heterocycles. The van der Waals surface area contributed by atoms with Crippen molar-refractivity contribution < 1.29 is 0 Å². The Morgan fingerprint density at radius 1 is 1.26 bits per heavy atom. The van der Waals surface area contributed by atoms with Crippen molar-refractivity contribution >= 4 is 11.6 Å². The number of rotatable bonds is 5. The summed E-state index contributed by atoms with van der Waals surface area (Å²) in [5.41, 5.74) is 1.82. The maximum Gasteiger partial charge on any atom is 0.0406 e. The molecule has 0 radical (unpaired) electrons. The van der Waals surface area contributed by atoms with Gasteiger partial charge in [0, 0.05) is 17.0 Å². The van der Waals surface area contributed by atoms with Gasteiger partial charge in [0.2, 0.25) is 0 Å². The molecule has 1 aromatic rings. The standard InChI is InChI=1S/C17H26ClN/c1-13(2)11-15-9-10-17(15,12-19(3)4)14-5-7-16(18)8-6-14/h5-8,13,15H,9-12H2,1-4H3. The summed E-state index contributed by atoms with van der Waals surface area (Å²) >= 11 is 6.04. The minimum Gasteiger partial charge on any atom is -0.309 e. The van der Waals surface area contributed by atoms with Crippen molar-refractivity contribution in [2.75, 3.05) is 20.6 Å². The molecule has 1 saturated carbocycles. The van der Waals surface area contributed by atoms with Crippen LogP contribution in [0.15, 0.2) is 24.3 Å². The molecule has 1 aromatic carbocycles. The highest BCUT2D eigenvalue weighted by Gasteiger charge is 2.47. The van der Waals surface area contributed by atoms with Gasteiger partial charge in [0.15, 0.2) is 0 Å². The second kappa shape index (κ2) is 5.85. The Hall–Kier alpha value is -0.530. The molecule has 2 heteroatoms. The summed E-state index contributed by atoms with van der Waals surface area (Å²) in [5, 5.41) is 0.837. The van der Waals surface area contributed by atoms with Gasteiger partial charge in [0.05, 0.1) is 0 Å². The molecule has 0 bridgehead atoms. The summed E-state index contributed by atoms with van der Waals surface area (Å²) in [6, 6.07) is 8.55. The van der Waals surface area contributed by atoms with E-state index in [1.165, 1.54) is 24.8 Å². The first kappa shape index (κ1) is 14.9. The SMILES string of the molecule is CC(C)CC1CCC1(CN(C)C)c1ccc(Cl)cc1. The lowest BCUT2D eigenvalue weighted by molar-refractivity contribution is 0.0678. The highest BCUT2D eigenvalue weighted by Crippen LogP contribution is 2.51. The predicted octanol–water partition coefficient (Wildman–Crippen LogP) is 4.60. The maximum absolute atomic E-state index is 6.04. The van der Waals surface area contributed by atoms with E-state index in [1.54, 1.807) is 0 Å². The Balaban J connectivity index is 2.27. The van der Waals surface area contributed by atoms with Crippen LogP contribution in [0.1, 0.15) is 38.7 Å². The Kier molecular flexibility index (Phi) is 4.58. The number of hydrogen-bond acceptors (Lipinski definition) is 1. The molecule has 1 nitrogen and oxygen atoms in total. The molecule has 2 atom stereocenters. The van der Waals surface area contributed by atoms with Gasteiger partial charge in [-0.05, 0) is 62.9 Å². The van der Waals surface area contributed by atoms with Gasteiger partial charge in [-0.2, -0.15) is 0 Å². The topological polar surface area (TPSA) is 3.24 Å². The average molecular weight is 280 g/mol. The van der Waals surface area contributed by atoms with Crippen LogP contribution in [-0.2, 0) is 5.41 Å². The summed E-state index contributed by atoms with van der Waals surface area (Å²) in [5.74, 6) is 1.59. The normalized spacial score (nSPS) is 26.8. The Morgan fingerprint density at radius 2 is 1.89 bits per heavy atom. The van der Waals surface area contributed by atoms with Crippen LogP contribution < -0.4 is 0 Å². The summed E-state index contributed by atoms with van der Waals surface area (Å²) in [6.07, 6.45) is 4.01. The van der Waals surface area contributed by atoms with E-state index in [0.29, 0.717) is 5.41 Å². The lowest BCUT2D eigenvalue weighted by atomic mass is 9.54. The molecular weight excluding hydrogens is 254 g/mol. The highest BCUT2D eigenvalue weighted by atomic mass is 35.5. The van der Waals surface area contributed by atoms with Gasteiger partial charge in [-0.3, -0.25) is 0 Å². The van der Waals surface area contributed by atoms with Gasteiger partial charge < -0.3 is 4.90 Å². The molecule has 0 aliphatic heterocycles. The Bertz CT molecular complexity index is 410. The Morgan fingerprint density at radius 3 is 2.32 bits per heavy atom. The molecule has 0 heterocycles. The molecule has 2 unspecified atom stereocenters. The van der Waals surface area contributed by atoms with Gasteiger partial charge in [-0.1, -0.05) is 37.6 Å². The van der Waals surface area contributed by atoms with Gasteiger partial charge in [0.1, 0.15) is 0 Å². The smallest absolute Gasteiger partial charge is 0.0406 e. The summed E-state index contributed by atoms with van der Waals surface area (Å²) in [4.78, 5) is 2.33. The molecular formula is C17H26ClN. The second-order valence-electron chi connectivity index (χ2n) is 6.77. The van der Waals surface area contributed by atoms with Crippen molar-refractivity contribution in [3.63, 3.8) is 0 Å². The molecule has 19 heavy (non-hydrogen) atoms. The fourth-order valence-electron chi connectivity index (χ4n) is 3.63. The van der Waals surface area contributed by atoms with Crippen LogP contribution in [0, 0.1) is 11.8 Å². The van der Waals surface area contributed by atoms with Crippen LogP contribution in [-0.4, -0.2) is 25.5 Å². The lowest BCUT2D eigenvalue weighted by Crippen LogP contribution is -2.51. The molecule has 1 aliphatic carbocycles. The number of halogens is 1. The zero-order chi connectivity index (χ0) is 14.0. The zero-order valence-electron chi connectivity index (χ0n) is 12.6. The fourth-order valence-corrected chi connectivity index (χ4v) is 3.76. The first-order chi connectivity index (χ1) is 8.94. The van der Waals surface area contributed by atoms with Crippen LogP contribution in [0.4, 0.5) is 0 Å². The lowest BCUT2D eigenvalue weighted by Gasteiger charge is -2.52. The predicted molar refractivity (Wildman–Crippen MR) is 83.9 cm³/mol. The second-order valence-corrected chi connectivity index (χ2v) is 7.20. The number of likely N-dealkylation sites (N-methyl/N-ethyl adjacent to an activating group) is 1. The average Bonchev–Trinajstić information content (AvgIpc) is 2.32. The van der Waals surface area contributed by atoms with Gasteiger partial charge >= 0.3 is 0 Å². The monoisotopic (exact) mass is 279 g/mol. The molecule has 1 fully saturated rings. The van der Waals surface area contributed by atoms with E-state index in [0.717, 1.165) is 23.4 Å². The van der Waals surface area contributed by atoms with E-state index in [1.807, 2.05) is 12.1 Å². The zero-order valence-corrected chi connectivity index (χ0v) is 13.4. The third-order valence-electron chi connectivity index (χ3n) is 4.49. The summed E-state index contributed by atoms with van der Waals surface area (Å²) < 4.78 is 0. The molecule has 0 amide bonds. The first-order valence-corrected chi connectivity index (χ1v) is 7.72. The number of benzene rings is 1. The van der Waals surface area contributed by atoms with Gasteiger partial charge in [0.25, 0.3) is 0 Å².